The van der Waals surface area contributed by atoms with Crippen LogP contribution in [0.1, 0.15) is 20.3 Å². The average Bonchev–Trinajstić information content (AvgIpc) is 2.93. The number of hydrogen-bond donors (Lipinski definition) is 2. The molecule has 0 saturated carbocycles. The zero-order chi connectivity index (χ0) is 18.2. The Morgan fingerprint density at radius 2 is 1.76 bits per heavy atom. The summed E-state index contributed by atoms with van der Waals surface area (Å²) in [6.45, 7) is 5.31. The van der Waals surface area contributed by atoms with Crippen LogP contribution in [-0.4, -0.2) is 59.7 Å². The number of H-pyrrole nitrogens is 2. The predicted octanol–water partition coefficient (Wildman–Crippen LogP) is 0.735. The molecule has 0 bridgehead atoms. The zero-order valence-corrected chi connectivity index (χ0v) is 15.1. The standard InChI is InChI=1S/C16H22N4O4S/c1-11(2)9-15(21)19-5-7-20(8-6-19)25(23,24)12-3-4-13-14(10-12)18-16(22)17-13/h3-4,10-11H,5-9H2,1-2H3,(H2,17,18,22). The van der Waals surface area contributed by atoms with E-state index in [9.17, 15) is 18.0 Å². The highest BCUT2D eigenvalue weighted by atomic mass is 32.2. The molecular formula is C16H22N4O4S. The van der Waals surface area contributed by atoms with Gasteiger partial charge >= 0.3 is 5.69 Å². The second kappa shape index (κ2) is 6.64. The van der Waals surface area contributed by atoms with Gasteiger partial charge in [-0.25, -0.2) is 13.2 Å². The van der Waals surface area contributed by atoms with Gasteiger partial charge in [-0.1, -0.05) is 13.8 Å². The maximum atomic E-state index is 12.8. The SMILES string of the molecule is CC(C)CC(=O)N1CCN(S(=O)(=O)c2ccc3[nH]c(=O)[nH]c3c2)CC1. The van der Waals surface area contributed by atoms with Gasteiger partial charge in [0.25, 0.3) is 0 Å². The maximum absolute atomic E-state index is 12.8. The van der Waals surface area contributed by atoms with Crippen molar-refractivity contribution >= 4 is 27.0 Å². The molecule has 0 spiro atoms. The second-order valence-electron chi connectivity index (χ2n) is 6.67. The van der Waals surface area contributed by atoms with E-state index >= 15 is 0 Å². The summed E-state index contributed by atoms with van der Waals surface area (Å²) in [5.74, 6) is 0.350. The number of rotatable bonds is 4. The van der Waals surface area contributed by atoms with Gasteiger partial charge in [0.2, 0.25) is 15.9 Å². The number of piperazine rings is 1. The van der Waals surface area contributed by atoms with Crippen molar-refractivity contribution in [2.75, 3.05) is 26.2 Å². The van der Waals surface area contributed by atoms with Gasteiger partial charge in [0.1, 0.15) is 0 Å². The molecule has 0 atom stereocenters. The fraction of sp³-hybridized carbons (Fsp3) is 0.500. The van der Waals surface area contributed by atoms with Gasteiger partial charge in [-0.15, -0.1) is 0 Å². The smallest absolute Gasteiger partial charge is 0.323 e. The minimum absolute atomic E-state index is 0.0679. The van der Waals surface area contributed by atoms with Gasteiger partial charge in [0, 0.05) is 32.6 Å². The summed E-state index contributed by atoms with van der Waals surface area (Å²) in [5.41, 5.74) is 0.645. The Balaban J connectivity index is 1.74. The number of benzene rings is 1. The van der Waals surface area contributed by atoms with E-state index in [4.69, 9.17) is 0 Å². The van der Waals surface area contributed by atoms with Crippen molar-refractivity contribution in [3.05, 3.63) is 28.7 Å². The number of nitrogens with zero attached hydrogens (tertiary/aromatic N) is 2. The first-order valence-electron chi connectivity index (χ1n) is 8.27. The molecule has 1 aliphatic rings. The maximum Gasteiger partial charge on any atom is 0.323 e. The number of sulfonamides is 1. The molecular weight excluding hydrogens is 344 g/mol. The molecule has 1 fully saturated rings. The van der Waals surface area contributed by atoms with E-state index in [1.54, 1.807) is 11.0 Å². The first-order chi connectivity index (χ1) is 11.8. The number of hydrogen-bond acceptors (Lipinski definition) is 4. The van der Waals surface area contributed by atoms with Crippen LogP contribution in [0.15, 0.2) is 27.9 Å². The topological polar surface area (TPSA) is 106 Å². The Labute approximate surface area is 145 Å². The van der Waals surface area contributed by atoms with Gasteiger partial charge in [-0.05, 0) is 24.1 Å². The number of nitrogens with one attached hydrogen (secondary N) is 2. The number of fused-ring (bicyclic) bond motifs is 1. The molecule has 2 N–H and O–H groups in total. The number of amides is 1. The monoisotopic (exact) mass is 366 g/mol. The van der Waals surface area contributed by atoms with E-state index < -0.39 is 10.0 Å². The summed E-state index contributed by atoms with van der Waals surface area (Å²) in [7, 11) is -3.66. The molecule has 2 heterocycles. The molecule has 1 aromatic heterocycles. The molecule has 9 heteroatoms. The fourth-order valence-corrected chi connectivity index (χ4v) is 4.43. The first-order valence-corrected chi connectivity index (χ1v) is 9.71. The minimum atomic E-state index is -3.66. The highest BCUT2D eigenvalue weighted by Crippen LogP contribution is 2.21. The van der Waals surface area contributed by atoms with Crippen molar-refractivity contribution in [3.8, 4) is 0 Å². The van der Waals surface area contributed by atoms with E-state index in [-0.39, 0.29) is 35.5 Å². The van der Waals surface area contributed by atoms with E-state index in [0.717, 1.165) is 0 Å². The summed E-state index contributed by atoms with van der Waals surface area (Å²) in [4.78, 5) is 30.4. The zero-order valence-electron chi connectivity index (χ0n) is 14.3. The van der Waals surface area contributed by atoms with Crippen molar-refractivity contribution < 1.29 is 13.2 Å². The molecule has 2 aromatic rings. The molecule has 136 valence electrons. The minimum Gasteiger partial charge on any atom is -0.340 e. The molecule has 0 aliphatic carbocycles. The van der Waals surface area contributed by atoms with E-state index in [1.807, 2.05) is 13.8 Å². The lowest BCUT2D eigenvalue weighted by Gasteiger charge is -2.34. The van der Waals surface area contributed by atoms with Crippen LogP contribution in [0.3, 0.4) is 0 Å². The van der Waals surface area contributed by atoms with Gasteiger partial charge in [-0.3, -0.25) is 4.79 Å². The molecule has 3 rings (SSSR count). The molecule has 1 amide bonds. The molecule has 1 aromatic carbocycles. The normalized spacial score (nSPS) is 16.7. The summed E-state index contributed by atoms with van der Waals surface area (Å²) < 4.78 is 27.0. The van der Waals surface area contributed by atoms with E-state index in [1.165, 1.54) is 16.4 Å². The van der Waals surface area contributed by atoms with Gasteiger partial charge in [0.05, 0.1) is 15.9 Å². The third-order valence-electron chi connectivity index (χ3n) is 4.30. The number of imidazole rings is 1. The van der Waals surface area contributed by atoms with Gasteiger partial charge < -0.3 is 14.9 Å². The lowest BCUT2D eigenvalue weighted by atomic mass is 10.1. The lowest BCUT2D eigenvalue weighted by molar-refractivity contribution is -0.133. The third-order valence-corrected chi connectivity index (χ3v) is 6.19. The van der Waals surface area contributed by atoms with Gasteiger partial charge in [0.15, 0.2) is 0 Å². The van der Waals surface area contributed by atoms with E-state index in [0.29, 0.717) is 30.5 Å². The molecule has 1 saturated heterocycles. The number of aromatic nitrogens is 2. The van der Waals surface area contributed by atoms with Crippen molar-refractivity contribution in [1.29, 1.82) is 0 Å². The van der Waals surface area contributed by atoms with Crippen LogP contribution in [0.25, 0.3) is 11.0 Å². The number of carbonyl (C=O) groups excluding carboxylic acids is 1. The van der Waals surface area contributed by atoms with Crippen LogP contribution in [-0.2, 0) is 14.8 Å². The lowest BCUT2D eigenvalue weighted by Crippen LogP contribution is -2.50. The van der Waals surface area contributed by atoms with Crippen LogP contribution in [0.4, 0.5) is 0 Å². The quantitative estimate of drug-likeness (QED) is 0.832. The number of carbonyl (C=O) groups is 1. The Morgan fingerprint density at radius 1 is 1.12 bits per heavy atom. The Kier molecular flexibility index (Phi) is 4.70. The van der Waals surface area contributed by atoms with Crippen molar-refractivity contribution in [1.82, 2.24) is 19.2 Å². The Bertz CT molecular complexity index is 936. The summed E-state index contributed by atoms with van der Waals surface area (Å²) in [6.07, 6.45) is 0.476. The Morgan fingerprint density at radius 3 is 2.40 bits per heavy atom. The number of aromatic amines is 2. The summed E-state index contributed by atoms with van der Waals surface area (Å²) in [6, 6.07) is 4.51. The van der Waals surface area contributed by atoms with Crippen molar-refractivity contribution in [2.45, 2.75) is 25.2 Å². The van der Waals surface area contributed by atoms with Gasteiger partial charge in [-0.2, -0.15) is 4.31 Å². The van der Waals surface area contributed by atoms with E-state index in [2.05, 4.69) is 9.97 Å². The molecule has 25 heavy (non-hydrogen) atoms. The van der Waals surface area contributed by atoms with Crippen molar-refractivity contribution in [3.63, 3.8) is 0 Å². The highest BCUT2D eigenvalue weighted by Gasteiger charge is 2.30. The van der Waals surface area contributed by atoms with Crippen LogP contribution < -0.4 is 5.69 Å². The summed E-state index contributed by atoms with van der Waals surface area (Å²) >= 11 is 0. The Hall–Kier alpha value is -2.13. The van der Waals surface area contributed by atoms with Crippen LogP contribution in [0.2, 0.25) is 0 Å². The molecule has 0 radical (unpaired) electrons. The van der Waals surface area contributed by atoms with Crippen LogP contribution in [0, 0.1) is 5.92 Å². The third kappa shape index (κ3) is 3.62. The van der Waals surface area contributed by atoms with Crippen LogP contribution in [0.5, 0.6) is 0 Å². The first kappa shape index (κ1) is 17.7. The summed E-state index contributed by atoms with van der Waals surface area (Å²) in [5, 5.41) is 0. The highest BCUT2D eigenvalue weighted by molar-refractivity contribution is 7.89. The predicted molar refractivity (Wildman–Crippen MR) is 93.7 cm³/mol. The molecule has 0 unspecified atom stereocenters. The second-order valence-corrected chi connectivity index (χ2v) is 8.61. The van der Waals surface area contributed by atoms with Crippen molar-refractivity contribution in [2.24, 2.45) is 5.92 Å². The average molecular weight is 366 g/mol. The van der Waals surface area contributed by atoms with Crippen LogP contribution >= 0.6 is 0 Å². The largest absolute Gasteiger partial charge is 0.340 e. The molecule has 1 aliphatic heterocycles. The fourth-order valence-electron chi connectivity index (χ4n) is 2.98. The molecule has 8 nitrogen and oxygen atoms in total.